The zero-order valence-electron chi connectivity index (χ0n) is 68.5. The van der Waals surface area contributed by atoms with Crippen molar-refractivity contribution in [2.24, 2.45) is 0 Å². The summed E-state index contributed by atoms with van der Waals surface area (Å²) in [4.78, 5) is 4.88. The SMILES string of the molecule is c1ccc(-n2c3ccccc3c3ccc(-c4ccc(N(c5ccc(-c6ccc7c(c6)C6(CCCC6)c6ccccc6-7)cc5)c5ccc6sc7ccccc7c6c5)cc4)cc32)cc1.c1ccc(-n2c3ccccc3c3ccc(-c4ccc(N(c5ccc(-c6ccc7c(c6)C6(CCCC6)c6ccccc6-7)cc5)c5cccc6sc7ccccc7c56)cc4)cc32)cc1. The van der Waals surface area contributed by atoms with E-state index in [4.69, 9.17) is 0 Å². The van der Waals surface area contributed by atoms with Crippen molar-refractivity contribution in [3.63, 3.8) is 0 Å². The molecule has 588 valence electrons. The summed E-state index contributed by atoms with van der Waals surface area (Å²) in [7, 11) is 0. The number of para-hydroxylation sites is 4. The summed E-state index contributed by atoms with van der Waals surface area (Å²) >= 11 is 3.73. The van der Waals surface area contributed by atoms with E-state index in [0.29, 0.717) is 0 Å². The van der Waals surface area contributed by atoms with Crippen LogP contribution in [0.5, 0.6) is 0 Å². The first kappa shape index (κ1) is 72.4. The highest BCUT2D eigenvalue weighted by atomic mass is 32.1. The number of fused-ring (bicyclic) bond motifs is 22. The van der Waals surface area contributed by atoms with Gasteiger partial charge in [-0.1, -0.05) is 287 Å². The molecule has 22 aromatic rings. The number of thiophene rings is 2. The Morgan fingerprint density at radius 3 is 1.05 bits per heavy atom. The fourth-order valence-corrected chi connectivity index (χ4v) is 24.4. The Hall–Kier alpha value is -14.4. The largest absolute Gasteiger partial charge is 0.310 e. The molecular weight excluding hydrogens is 1540 g/mol. The van der Waals surface area contributed by atoms with Crippen LogP contribution in [0.1, 0.15) is 73.6 Å². The summed E-state index contributed by atoms with van der Waals surface area (Å²) in [6.07, 6.45) is 10.1. The van der Waals surface area contributed by atoms with Gasteiger partial charge in [0.1, 0.15) is 0 Å². The van der Waals surface area contributed by atoms with Crippen LogP contribution in [-0.2, 0) is 10.8 Å². The van der Waals surface area contributed by atoms with Crippen molar-refractivity contribution in [1.82, 2.24) is 9.13 Å². The van der Waals surface area contributed by atoms with Crippen LogP contribution in [-0.4, -0.2) is 9.13 Å². The second-order valence-electron chi connectivity index (χ2n) is 34.4. The van der Waals surface area contributed by atoms with Crippen LogP contribution >= 0.6 is 22.7 Å². The molecule has 2 spiro atoms. The average Bonchev–Trinajstić information content (AvgIpc) is 1.57. The third kappa shape index (κ3) is 11.6. The highest BCUT2D eigenvalue weighted by Crippen LogP contribution is 2.60. The fourth-order valence-electron chi connectivity index (χ4n) is 22.2. The van der Waals surface area contributed by atoms with Crippen LogP contribution in [0.4, 0.5) is 34.1 Å². The van der Waals surface area contributed by atoms with Gasteiger partial charge in [-0.2, -0.15) is 0 Å². The fraction of sp³-hybridized carbons (Fsp3) is 0.0847. The minimum atomic E-state index is 0.152. The normalized spacial score (nSPS) is 14.0. The maximum atomic E-state index is 2.51. The number of aromatic nitrogens is 2. The molecule has 0 saturated heterocycles. The van der Waals surface area contributed by atoms with Gasteiger partial charge >= 0.3 is 0 Å². The Bertz CT molecular complexity index is 7970. The van der Waals surface area contributed by atoms with Crippen LogP contribution in [0, 0.1) is 0 Å². The van der Waals surface area contributed by atoms with Gasteiger partial charge in [-0.25, -0.2) is 0 Å². The summed E-state index contributed by atoms with van der Waals surface area (Å²) in [5.41, 5.74) is 36.0. The van der Waals surface area contributed by atoms with Crippen LogP contribution in [0.25, 0.3) is 162 Å². The third-order valence-corrected chi connectivity index (χ3v) is 30.2. The number of nitrogens with zero attached hydrogens (tertiary/aromatic N) is 4. The Kier molecular flexibility index (Phi) is 17.0. The van der Waals surface area contributed by atoms with E-state index in [1.165, 1.54) is 241 Å². The highest BCUT2D eigenvalue weighted by Gasteiger charge is 2.46. The van der Waals surface area contributed by atoms with Gasteiger partial charge in [-0.15, -0.1) is 22.7 Å². The van der Waals surface area contributed by atoms with Crippen molar-refractivity contribution >= 4 is 141 Å². The molecule has 2 saturated carbocycles. The van der Waals surface area contributed by atoms with Crippen LogP contribution in [0.2, 0.25) is 0 Å². The maximum absolute atomic E-state index is 2.51. The lowest BCUT2D eigenvalue weighted by Crippen LogP contribution is -2.20. The van der Waals surface area contributed by atoms with Gasteiger partial charge in [-0.3, -0.25) is 0 Å². The molecule has 0 atom stereocenters. The molecule has 4 aliphatic rings. The van der Waals surface area contributed by atoms with Crippen LogP contribution in [0.15, 0.2) is 413 Å². The molecule has 6 heteroatoms. The monoisotopic (exact) mass is 1620 g/mol. The van der Waals surface area contributed by atoms with Gasteiger partial charge in [-0.05, 0) is 266 Å². The summed E-state index contributed by atoms with van der Waals surface area (Å²) in [6, 6.07) is 154. The van der Waals surface area contributed by atoms with Crippen LogP contribution in [0.3, 0.4) is 0 Å². The van der Waals surface area contributed by atoms with E-state index in [1.807, 2.05) is 22.7 Å². The Balaban J connectivity index is 0.000000136. The van der Waals surface area contributed by atoms with Crippen LogP contribution < -0.4 is 9.80 Å². The molecule has 0 N–H and O–H groups in total. The minimum Gasteiger partial charge on any atom is -0.310 e. The van der Waals surface area contributed by atoms with Crippen molar-refractivity contribution in [1.29, 1.82) is 0 Å². The summed E-state index contributed by atoms with van der Waals surface area (Å²) in [5, 5.41) is 10.3. The molecule has 4 nitrogen and oxygen atoms in total. The quantitative estimate of drug-likeness (QED) is 0.121. The molecule has 0 aliphatic heterocycles. The minimum absolute atomic E-state index is 0.152. The van der Waals surface area contributed by atoms with Crippen molar-refractivity contribution in [3.05, 3.63) is 435 Å². The molecule has 4 aliphatic carbocycles. The molecule has 26 rings (SSSR count). The molecule has 0 radical (unpaired) electrons. The van der Waals surface area contributed by atoms with E-state index in [-0.39, 0.29) is 10.8 Å². The lowest BCUT2D eigenvalue weighted by molar-refractivity contribution is 0.550. The van der Waals surface area contributed by atoms with Crippen molar-refractivity contribution < 1.29 is 0 Å². The zero-order chi connectivity index (χ0) is 81.6. The Labute approximate surface area is 729 Å². The zero-order valence-corrected chi connectivity index (χ0v) is 70.2. The predicted octanol–water partition coefficient (Wildman–Crippen LogP) is 33.6. The molecule has 4 heterocycles. The molecule has 18 aromatic carbocycles. The molecule has 4 aromatic heterocycles. The molecule has 0 unspecified atom stereocenters. The number of anilines is 6. The molecular formula is C118H84N4S2. The van der Waals surface area contributed by atoms with E-state index in [0.717, 1.165) is 28.4 Å². The number of hydrogen-bond donors (Lipinski definition) is 0. The second-order valence-corrected chi connectivity index (χ2v) is 36.6. The topological polar surface area (TPSA) is 16.3 Å². The Morgan fingerprint density at radius 1 is 0.210 bits per heavy atom. The van der Waals surface area contributed by atoms with E-state index < -0.39 is 0 Å². The summed E-state index contributed by atoms with van der Waals surface area (Å²) in [6.45, 7) is 0. The third-order valence-electron chi connectivity index (χ3n) is 27.9. The van der Waals surface area contributed by atoms with Crippen molar-refractivity contribution in [2.75, 3.05) is 9.80 Å². The smallest absolute Gasteiger partial charge is 0.0554 e. The van der Waals surface area contributed by atoms with E-state index in [1.54, 1.807) is 0 Å². The Morgan fingerprint density at radius 2 is 0.556 bits per heavy atom. The first-order valence-electron chi connectivity index (χ1n) is 43.9. The van der Waals surface area contributed by atoms with Crippen molar-refractivity contribution in [3.8, 4) is 78.1 Å². The van der Waals surface area contributed by atoms with Gasteiger partial charge in [0.2, 0.25) is 0 Å². The first-order chi connectivity index (χ1) is 61.4. The molecule has 0 amide bonds. The number of hydrogen-bond acceptors (Lipinski definition) is 4. The molecule has 124 heavy (non-hydrogen) atoms. The number of benzene rings is 18. The van der Waals surface area contributed by atoms with Gasteiger partial charge in [0.05, 0.1) is 27.8 Å². The van der Waals surface area contributed by atoms with E-state index in [2.05, 4.69) is 431 Å². The predicted molar refractivity (Wildman–Crippen MR) is 528 cm³/mol. The highest BCUT2D eigenvalue weighted by molar-refractivity contribution is 7.26. The van der Waals surface area contributed by atoms with E-state index >= 15 is 0 Å². The first-order valence-corrected chi connectivity index (χ1v) is 45.6. The van der Waals surface area contributed by atoms with Gasteiger partial charge < -0.3 is 18.9 Å². The van der Waals surface area contributed by atoms with E-state index in [9.17, 15) is 0 Å². The van der Waals surface area contributed by atoms with Gasteiger partial charge in [0, 0.05) is 113 Å². The summed E-state index contributed by atoms with van der Waals surface area (Å²) < 4.78 is 10.0. The lowest BCUT2D eigenvalue weighted by Gasteiger charge is -2.27. The second kappa shape index (κ2) is 29.2. The maximum Gasteiger partial charge on any atom is 0.0554 e. The number of rotatable bonds is 12. The van der Waals surface area contributed by atoms with Gasteiger partial charge in [0.25, 0.3) is 0 Å². The standard InChI is InChI=1S/2C59H42N2S/c1-2-13-43(14-3-1)61-53-19-8-5-16-48(53)49-34-28-42(38-55(49)61)40-25-31-45(32-26-40)60(54-20-12-22-57-58(54)50-17-6-9-21-56(50)62-57)44-29-23-39(24-30-44)41-27-33-47-46-15-4-7-18-51(46)59(52(47)37-41)35-10-11-36-59;1-2-12-43(13-3-1)61-55-18-8-5-15-49(55)50-32-25-42(37-56(50)61)40-22-28-45(29-23-40)60(46-30-33-58-52(38-46)51-16-6-9-19-57(51)62-58)44-26-20-39(21-27-44)41-24-31-48-47-14-4-7-17-53(47)59(54(48)36-41)34-10-11-35-59/h1-9,12-34,37-38H,10-11,35-36H2;1-9,12-33,36-38H,10-11,34-35H2. The molecule has 0 bridgehead atoms. The van der Waals surface area contributed by atoms with Crippen molar-refractivity contribution in [2.45, 2.75) is 62.2 Å². The summed E-state index contributed by atoms with van der Waals surface area (Å²) in [5.74, 6) is 0. The lowest BCUT2D eigenvalue weighted by atomic mass is 9.76. The molecule has 2 fully saturated rings. The average molecular weight is 1620 g/mol. The van der Waals surface area contributed by atoms with Gasteiger partial charge in [0.15, 0.2) is 0 Å².